The van der Waals surface area contributed by atoms with Crippen LogP contribution in [0.15, 0.2) is 24.3 Å². The van der Waals surface area contributed by atoms with Crippen molar-refractivity contribution in [3.8, 4) is 11.6 Å². The van der Waals surface area contributed by atoms with Gasteiger partial charge in [-0.3, -0.25) is 19.3 Å². The Bertz CT molecular complexity index is 1250. The van der Waals surface area contributed by atoms with Crippen LogP contribution in [0, 0.1) is 0 Å². The van der Waals surface area contributed by atoms with Gasteiger partial charge in [-0.2, -0.15) is 0 Å². The molecule has 1 aromatic heterocycles. The number of amides is 3. The lowest BCUT2D eigenvalue weighted by Gasteiger charge is -2.26. The molecule has 10 nitrogen and oxygen atoms in total. The largest absolute Gasteiger partial charge is 0.491 e. The minimum Gasteiger partial charge on any atom is -0.491 e. The number of nitrogens with zero attached hydrogens (tertiary/aromatic N) is 2. The van der Waals surface area contributed by atoms with Crippen LogP contribution in [0.25, 0.3) is 0 Å². The molecule has 0 aliphatic carbocycles. The number of fused-ring (bicyclic) bond motifs is 1. The number of ether oxygens (including phenoxy) is 2. The van der Waals surface area contributed by atoms with E-state index < -0.39 is 39.4 Å². The number of benzene rings is 1. The lowest BCUT2D eigenvalue weighted by molar-refractivity contribution is -0.114. The number of hydrogen-bond acceptors (Lipinski definition) is 8. The fourth-order valence-corrected chi connectivity index (χ4v) is 4.65. The van der Waals surface area contributed by atoms with E-state index in [1.807, 2.05) is 0 Å². The van der Waals surface area contributed by atoms with Crippen molar-refractivity contribution < 1.29 is 32.3 Å². The average molecular weight is 496 g/mol. The number of anilines is 1. The molecule has 2 heterocycles. The van der Waals surface area contributed by atoms with Crippen LogP contribution in [0.1, 0.15) is 46.3 Å². The molecule has 12 heteroatoms. The van der Waals surface area contributed by atoms with Crippen LogP contribution in [0.3, 0.4) is 0 Å². The van der Waals surface area contributed by atoms with E-state index in [2.05, 4.69) is 10.3 Å². The van der Waals surface area contributed by atoms with Gasteiger partial charge < -0.3 is 14.8 Å². The first-order chi connectivity index (χ1) is 15.5. The predicted octanol–water partition coefficient (Wildman–Crippen LogP) is 2.48. The number of rotatable bonds is 8. The molecule has 0 unspecified atom stereocenters. The minimum absolute atomic E-state index is 0.00393. The molecule has 0 fully saturated rings. The lowest BCUT2D eigenvalue weighted by atomic mass is 10.1. The number of imide groups is 1. The molecule has 176 valence electrons. The summed E-state index contributed by atoms with van der Waals surface area (Å²) in [6.45, 7) is 3.24. The number of pyridine rings is 1. The van der Waals surface area contributed by atoms with Gasteiger partial charge in [0.1, 0.15) is 9.84 Å². The van der Waals surface area contributed by atoms with Crippen LogP contribution in [0.4, 0.5) is 5.69 Å². The quantitative estimate of drug-likeness (QED) is 0.552. The van der Waals surface area contributed by atoms with Crippen molar-refractivity contribution in [3.63, 3.8) is 0 Å². The second kappa shape index (κ2) is 9.36. The van der Waals surface area contributed by atoms with E-state index in [9.17, 15) is 22.8 Å². The Labute approximate surface area is 195 Å². The number of methoxy groups -OCH3 is 1. The highest BCUT2D eigenvalue weighted by Gasteiger charge is 2.45. The normalized spacial score (nSPS) is 14.2. The first-order valence-electron chi connectivity index (χ1n) is 9.81. The van der Waals surface area contributed by atoms with E-state index >= 15 is 0 Å². The minimum atomic E-state index is -3.68. The summed E-state index contributed by atoms with van der Waals surface area (Å²) in [6.07, 6.45) is 0.987. The maximum atomic E-state index is 13.4. The second-order valence-corrected chi connectivity index (χ2v) is 9.88. The van der Waals surface area contributed by atoms with E-state index in [1.165, 1.54) is 38.3 Å². The maximum absolute atomic E-state index is 13.4. The first kappa shape index (κ1) is 24.5. The van der Waals surface area contributed by atoms with Gasteiger partial charge in [0.15, 0.2) is 5.75 Å². The SMILES string of the molecule is CCOc1nc([C@H](CS(C)(=O)=O)N2C(=O)c3c(Cl)ccc(NC(C)=O)c3C2=O)ccc1OC. The van der Waals surface area contributed by atoms with Crippen molar-refractivity contribution in [2.75, 3.05) is 31.0 Å². The molecule has 3 amide bonds. The Kier molecular flexibility index (Phi) is 6.94. The van der Waals surface area contributed by atoms with Crippen LogP contribution in [-0.2, 0) is 14.6 Å². The zero-order chi connectivity index (χ0) is 24.5. The highest BCUT2D eigenvalue weighted by molar-refractivity contribution is 7.90. The zero-order valence-electron chi connectivity index (χ0n) is 18.3. The van der Waals surface area contributed by atoms with Crippen LogP contribution in [0.2, 0.25) is 5.02 Å². The third-order valence-electron chi connectivity index (χ3n) is 4.79. The molecule has 1 aromatic carbocycles. The van der Waals surface area contributed by atoms with E-state index in [0.717, 1.165) is 11.2 Å². The molecule has 3 rings (SSSR count). The molecule has 0 bridgehead atoms. The van der Waals surface area contributed by atoms with Gasteiger partial charge >= 0.3 is 0 Å². The van der Waals surface area contributed by atoms with Crippen molar-refractivity contribution in [1.82, 2.24) is 9.88 Å². The van der Waals surface area contributed by atoms with Gasteiger partial charge in [0, 0.05) is 13.2 Å². The standard InChI is InChI=1S/C21H22ClN3O7S/c1-5-32-19-16(31-3)9-8-13(24-19)15(10-33(4,29)30)25-20(27)17-12(22)6-7-14(23-11(2)26)18(17)21(25)28/h6-9,15H,5,10H2,1-4H3,(H,23,26)/t15-/m0/s1. The Hall–Kier alpha value is -3.18. The third-order valence-corrected chi connectivity index (χ3v) is 6.03. The van der Waals surface area contributed by atoms with Gasteiger partial charge in [-0.1, -0.05) is 11.6 Å². The predicted molar refractivity (Wildman–Crippen MR) is 121 cm³/mol. The summed E-state index contributed by atoms with van der Waals surface area (Å²) in [6, 6.07) is 4.47. The molecule has 0 spiro atoms. The number of hydrogen-bond donors (Lipinski definition) is 1. The van der Waals surface area contributed by atoms with Crippen LogP contribution in [0.5, 0.6) is 11.6 Å². The second-order valence-electron chi connectivity index (χ2n) is 7.29. The van der Waals surface area contributed by atoms with E-state index in [0.29, 0.717) is 5.75 Å². The highest BCUT2D eigenvalue weighted by Crippen LogP contribution is 2.39. The zero-order valence-corrected chi connectivity index (χ0v) is 19.9. The van der Waals surface area contributed by atoms with Crippen molar-refractivity contribution in [2.45, 2.75) is 19.9 Å². The van der Waals surface area contributed by atoms with Gasteiger partial charge in [-0.25, -0.2) is 13.4 Å². The molecule has 1 aliphatic rings. The smallest absolute Gasteiger partial charge is 0.264 e. The molecular weight excluding hydrogens is 474 g/mol. The monoisotopic (exact) mass is 495 g/mol. The van der Waals surface area contributed by atoms with E-state index in [4.69, 9.17) is 21.1 Å². The number of sulfone groups is 1. The molecule has 0 radical (unpaired) electrons. The van der Waals surface area contributed by atoms with Crippen molar-refractivity contribution in [2.24, 2.45) is 0 Å². The van der Waals surface area contributed by atoms with Gasteiger partial charge in [-0.05, 0) is 31.2 Å². The van der Waals surface area contributed by atoms with Gasteiger partial charge in [0.05, 0.1) is 53.0 Å². The maximum Gasteiger partial charge on any atom is 0.264 e. The molecule has 2 aromatic rings. The van der Waals surface area contributed by atoms with Gasteiger partial charge in [-0.15, -0.1) is 0 Å². The molecule has 1 N–H and O–H groups in total. The summed E-state index contributed by atoms with van der Waals surface area (Å²) >= 11 is 6.21. The van der Waals surface area contributed by atoms with Crippen LogP contribution < -0.4 is 14.8 Å². The summed E-state index contributed by atoms with van der Waals surface area (Å²) < 4.78 is 35.2. The van der Waals surface area contributed by atoms with Gasteiger partial charge in [0.2, 0.25) is 5.91 Å². The van der Waals surface area contributed by atoms with E-state index in [-0.39, 0.29) is 40.0 Å². The van der Waals surface area contributed by atoms with Crippen molar-refractivity contribution >= 4 is 44.8 Å². The topological polar surface area (TPSA) is 132 Å². The highest BCUT2D eigenvalue weighted by atomic mass is 35.5. The number of aromatic nitrogens is 1. The Morgan fingerprint density at radius 3 is 2.42 bits per heavy atom. The number of halogens is 1. The Balaban J connectivity index is 2.17. The summed E-state index contributed by atoms with van der Waals surface area (Å²) in [5.74, 6) is -2.25. The molecule has 33 heavy (non-hydrogen) atoms. The molecule has 0 saturated heterocycles. The summed E-state index contributed by atoms with van der Waals surface area (Å²) in [5.41, 5.74) is -0.0281. The van der Waals surface area contributed by atoms with Crippen molar-refractivity contribution in [3.05, 3.63) is 46.1 Å². The molecule has 1 atom stereocenters. The summed E-state index contributed by atoms with van der Waals surface area (Å²) in [4.78, 5) is 43.5. The van der Waals surface area contributed by atoms with Crippen LogP contribution in [-0.4, -0.2) is 61.7 Å². The number of carbonyl (C=O) groups is 3. The number of carbonyl (C=O) groups excluding carboxylic acids is 3. The Morgan fingerprint density at radius 2 is 1.85 bits per heavy atom. The summed E-state index contributed by atoms with van der Waals surface area (Å²) in [5, 5.41) is 2.50. The van der Waals surface area contributed by atoms with Crippen LogP contribution >= 0.6 is 11.6 Å². The fourth-order valence-electron chi connectivity index (χ4n) is 3.52. The average Bonchev–Trinajstić information content (AvgIpc) is 2.99. The fraction of sp³-hybridized carbons (Fsp3) is 0.333. The molecule has 1 aliphatic heterocycles. The van der Waals surface area contributed by atoms with Gasteiger partial charge in [0.25, 0.3) is 17.7 Å². The van der Waals surface area contributed by atoms with Crippen molar-refractivity contribution in [1.29, 1.82) is 0 Å². The Morgan fingerprint density at radius 1 is 1.18 bits per heavy atom. The summed E-state index contributed by atoms with van der Waals surface area (Å²) in [7, 11) is -2.26. The third kappa shape index (κ3) is 4.93. The lowest BCUT2D eigenvalue weighted by Crippen LogP contribution is -2.38. The molecule has 0 saturated carbocycles. The molecular formula is C21H22ClN3O7S. The van der Waals surface area contributed by atoms with E-state index in [1.54, 1.807) is 6.92 Å². The number of nitrogens with one attached hydrogen (secondary N) is 1. The first-order valence-corrected chi connectivity index (χ1v) is 12.3.